The van der Waals surface area contributed by atoms with E-state index < -0.39 is 5.54 Å². The minimum atomic E-state index is -0.879. The summed E-state index contributed by atoms with van der Waals surface area (Å²) in [4.78, 5) is 9.04. The maximum absolute atomic E-state index is 5.61. The summed E-state index contributed by atoms with van der Waals surface area (Å²) in [5.74, 6) is 0.370. The first-order chi connectivity index (χ1) is 16.8. The molecule has 0 aliphatic carbocycles. The van der Waals surface area contributed by atoms with Gasteiger partial charge in [0, 0.05) is 18.0 Å². The van der Waals surface area contributed by atoms with Crippen LogP contribution in [0.25, 0.3) is 0 Å². The molecule has 2 aromatic carbocycles. The van der Waals surface area contributed by atoms with Gasteiger partial charge in [0.25, 0.3) is 5.90 Å². The Morgan fingerprint density at radius 2 is 1.53 bits per heavy atom. The molecule has 0 saturated heterocycles. The molecule has 0 bridgehead atoms. The van der Waals surface area contributed by atoms with Gasteiger partial charge in [-0.1, -0.05) is 72.8 Å². The van der Waals surface area contributed by atoms with Crippen molar-refractivity contribution >= 4 is 11.6 Å². The number of rotatable bonds is 6. The number of nitrogens with one attached hydrogen (secondary N) is 2. The van der Waals surface area contributed by atoms with Crippen molar-refractivity contribution in [2.24, 2.45) is 10.2 Å². The van der Waals surface area contributed by atoms with Gasteiger partial charge in [-0.2, -0.15) is 5.10 Å². The van der Waals surface area contributed by atoms with Gasteiger partial charge in [0.1, 0.15) is 17.4 Å². The van der Waals surface area contributed by atoms with E-state index in [0.717, 1.165) is 22.5 Å². The number of ether oxygens (including phenoxy) is 1. The Kier molecular flexibility index (Phi) is 5.99. The highest BCUT2D eigenvalue weighted by atomic mass is 16.5. The number of aromatic nitrogens is 2. The van der Waals surface area contributed by atoms with Gasteiger partial charge in [0.05, 0.1) is 12.8 Å². The van der Waals surface area contributed by atoms with Crippen LogP contribution < -0.4 is 10.9 Å². The number of nitrogens with zero attached hydrogens (tertiary/aromatic N) is 4. The lowest BCUT2D eigenvalue weighted by molar-refractivity contribution is 0.341. The molecule has 168 valence electrons. The summed E-state index contributed by atoms with van der Waals surface area (Å²) in [6.07, 6.45) is 3.49. The zero-order valence-electron chi connectivity index (χ0n) is 18.7. The van der Waals surface area contributed by atoms with Crippen molar-refractivity contribution < 1.29 is 4.74 Å². The van der Waals surface area contributed by atoms with Gasteiger partial charge in [-0.3, -0.25) is 20.8 Å². The first kappa shape index (κ1) is 21.3. The van der Waals surface area contributed by atoms with Crippen LogP contribution in [0.15, 0.2) is 120 Å². The smallest absolute Gasteiger partial charge is 0.256 e. The summed E-state index contributed by atoms with van der Waals surface area (Å²) < 4.78 is 5.61. The van der Waals surface area contributed by atoms with E-state index in [1.54, 1.807) is 19.5 Å². The molecule has 2 atom stereocenters. The largest absolute Gasteiger partial charge is 0.478 e. The first-order valence-corrected chi connectivity index (χ1v) is 11.0. The van der Waals surface area contributed by atoms with Crippen LogP contribution in [0.3, 0.4) is 0 Å². The average molecular weight is 449 g/mol. The van der Waals surface area contributed by atoms with E-state index in [4.69, 9.17) is 14.9 Å². The highest BCUT2D eigenvalue weighted by molar-refractivity contribution is 6.09. The number of hydrogen-bond acceptors (Lipinski definition) is 7. The van der Waals surface area contributed by atoms with Crippen molar-refractivity contribution in [1.82, 2.24) is 20.8 Å². The highest BCUT2D eigenvalue weighted by Crippen LogP contribution is 2.41. The summed E-state index contributed by atoms with van der Waals surface area (Å²) in [6, 6.07) is 31.3. The minimum absolute atomic E-state index is 0.336. The van der Waals surface area contributed by atoms with Crippen LogP contribution in [-0.2, 0) is 10.3 Å². The topological polar surface area (TPSA) is 83.8 Å². The second-order valence-corrected chi connectivity index (χ2v) is 7.77. The Bertz CT molecular complexity index is 1280. The lowest BCUT2D eigenvalue weighted by Crippen LogP contribution is -2.51. The Morgan fingerprint density at radius 1 is 0.853 bits per heavy atom. The predicted octanol–water partition coefficient (Wildman–Crippen LogP) is 4.02. The van der Waals surface area contributed by atoms with E-state index in [2.05, 4.69) is 33.0 Å². The van der Waals surface area contributed by atoms with Crippen LogP contribution in [0.1, 0.15) is 28.6 Å². The van der Waals surface area contributed by atoms with Gasteiger partial charge >= 0.3 is 0 Å². The molecule has 5 rings (SSSR count). The molecule has 3 heterocycles. The number of benzene rings is 2. The Balaban J connectivity index is 1.70. The van der Waals surface area contributed by atoms with Gasteiger partial charge in [-0.15, -0.1) is 5.10 Å². The standard InChI is InChI=1S/C27H24N6O/c1-34-26(23-17-9-11-19-29-23)32-33-27(21-14-6-3-7-15-21)24(20-12-4-2-5-13-20)30-31-25(27)22-16-8-10-18-28-22/h2-19,25,31,33H,1H3/b32-26-/t25-,27-/m0/s1. The lowest BCUT2D eigenvalue weighted by atomic mass is 9.76. The summed E-state index contributed by atoms with van der Waals surface area (Å²) in [7, 11) is 1.58. The first-order valence-electron chi connectivity index (χ1n) is 11.0. The fourth-order valence-electron chi connectivity index (χ4n) is 4.20. The maximum atomic E-state index is 5.61. The average Bonchev–Trinajstić information content (AvgIpc) is 3.31. The van der Waals surface area contributed by atoms with E-state index >= 15 is 0 Å². The van der Waals surface area contributed by atoms with Crippen molar-refractivity contribution in [1.29, 1.82) is 0 Å². The monoisotopic (exact) mass is 448 g/mol. The molecule has 34 heavy (non-hydrogen) atoms. The third-order valence-corrected chi connectivity index (χ3v) is 5.78. The minimum Gasteiger partial charge on any atom is -0.478 e. The number of hydrazone groups is 2. The molecule has 0 fully saturated rings. The van der Waals surface area contributed by atoms with E-state index in [9.17, 15) is 0 Å². The molecule has 7 nitrogen and oxygen atoms in total. The Hall–Kier alpha value is -4.52. The van der Waals surface area contributed by atoms with E-state index in [-0.39, 0.29) is 6.04 Å². The molecule has 4 aromatic rings. The number of hydrogen-bond donors (Lipinski definition) is 2. The molecular weight excluding hydrogens is 424 g/mol. The van der Waals surface area contributed by atoms with Crippen molar-refractivity contribution in [2.75, 3.05) is 7.11 Å². The second kappa shape index (κ2) is 9.54. The van der Waals surface area contributed by atoms with Crippen molar-refractivity contribution in [2.45, 2.75) is 11.6 Å². The van der Waals surface area contributed by atoms with E-state index in [1.807, 2.05) is 84.9 Å². The van der Waals surface area contributed by atoms with Gasteiger partial charge in [-0.25, -0.2) is 0 Å². The fraction of sp³-hybridized carbons (Fsp3) is 0.111. The predicted molar refractivity (Wildman–Crippen MR) is 132 cm³/mol. The third-order valence-electron chi connectivity index (χ3n) is 5.78. The second-order valence-electron chi connectivity index (χ2n) is 7.77. The van der Waals surface area contributed by atoms with Gasteiger partial charge in [0.15, 0.2) is 5.54 Å². The van der Waals surface area contributed by atoms with Crippen molar-refractivity contribution in [3.05, 3.63) is 132 Å². The summed E-state index contributed by atoms with van der Waals surface area (Å²) >= 11 is 0. The summed E-state index contributed by atoms with van der Waals surface area (Å²) in [5, 5.41) is 9.54. The normalized spacial score (nSPS) is 19.7. The van der Waals surface area contributed by atoms with Crippen molar-refractivity contribution in [3.63, 3.8) is 0 Å². The Labute approximate surface area is 198 Å². The number of pyridine rings is 2. The molecule has 0 spiro atoms. The maximum Gasteiger partial charge on any atom is 0.256 e. The van der Waals surface area contributed by atoms with Crippen LogP contribution in [0.4, 0.5) is 0 Å². The van der Waals surface area contributed by atoms with Crippen LogP contribution in [0, 0.1) is 0 Å². The molecule has 0 saturated carbocycles. The molecule has 0 unspecified atom stereocenters. The van der Waals surface area contributed by atoms with Crippen molar-refractivity contribution in [3.8, 4) is 0 Å². The van der Waals surface area contributed by atoms with Crippen LogP contribution in [-0.4, -0.2) is 28.7 Å². The van der Waals surface area contributed by atoms with Crippen LogP contribution in [0.2, 0.25) is 0 Å². The molecule has 7 heteroatoms. The molecular formula is C27H24N6O. The summed E-state index contributed by atoms with van der Waals surface area (Å²) in [5.41, 5.74) is 10.1. The molecule has 1 aliphatic rings. The lowest BCUT2D eigenvalue weighted by Gasteiger charge is -2.36. The zero-order chi connectivity index (χ0) is 23.2. The summed E-state index contributed by atoms with van der Waals surface area (Å²) in [6.45, 7) is 0. The number of methoxy groups -OCH3 is 1. The van der Waals surface area contributed by atoms with Gasteiger partial charge in [0.2, 0.25) is 0 Å². The SMILES string of the molecule is CO/C(=N\N[C@@]1(c2ccccc2)C(c2ccccc2)=NN[C@H]1c1ccccn1)c1ccccn1. The Morgan fingerprint density at radius 3 is 2.18 bits per heavy atom. The zero-order valence-corrected chi connectivity index (χ0v) is 18.7. The van der Waals surface area contributed by atoms with Gasteiger partial charge < -0.3 is 4.74 Å². The highest BCUT2D eigenvalue weighted by Gasteiger charge is 2.51. The fourth-order valence-corrected chi connectivity index (χ4v) is 4.20. The quantitative estimate of drug-likeness (QED) is 0.264. The van der Waals surface area contributed by atoms with Crippen LogP contribution >= 0.6 is 0 Å². The molecule has 1 aliphatic heterocycles. The molecule has 2 N–H and O–H groups in total. The molecule has 0 radical (unpaired) electrons. The molecule has 2 aromatic heterocycles. The van der Waals surface area contributed by atoms with Crippen LogP contribution in [0.5, 0.6) is 0 Å². The third kappa shape index (κ3) is 3.88. The van der Waals surface area contributed by atoms with Gasteiger partial charge in [-0.05, 0) is 29.8 Å². The molecule has 0 amide bonds. The van der Waals surface area contributed by atoms with E-state index in [1.165, 1.54) is 0 Å². The van der Waals surface area contributed by atoms with E-state index in [0.29, 0.717) is 11.6 Å².